The van der Waals surface area contributed by atoms with Crippen LogP contribution in [0.1, 0.15) is 16.8 Å². The molecule has 0 saturated heterocycles. The van der Waals surface area contributed by atoms with Gasteiger partial charge in [-0.3, -0.25) is 20.3 Å². The highest BCUT2D eigenvalue weighted by Crippen LogP contribution is 2.27. The van der Waals surface area contributed by atoms with E-state index in [0.717, 1.165) is 11.3 Å². The largest absolute Gasteiger partial charge is 0.431 e. The van der Waals surface area contributed by atoms with Gasteiger partial charge >= 0.3 is 6.18 Å². The highest BCUT2D eigenvalue weighted by Gasteiger charge is 2.37. The Morgan fingerprint density at radius 1 is 1.16 bits per heavy atom. The van der Waals surface area contributed by atoms with Crippen molar-refractivity contribution in [2.75, 3.05) is 5.43 Å². The molecule has 0 amide bonds. The maximum absolute atomic E-state index is 13.3. The first-order valence-electron chi connectivity index (χ1n) is 8.52. The molecule has 12 heteroatoms. The SMILES string of the molecule is O=C(C/C(=N\Nc1nc(-c2ccc([N+](=O)[O-])cc2)cs1)C(F)(F)F)c1ccc(Cl)cc1. The number of ketones is 1. The Balaban J connectivity index is 1.74. The minimum atomic E-state index is -4.83. The summed E-state index contributed by atoms with van der Waals surface area (Å²) in [6.45, 7) is 0. The van der Waals surface area contributed by atoms with Gasteiger partial charge in [0.25, 0.3) is 5.69 Å². The van der Waals surface area contributed by atoms with Crippen molar-refractivity contribution in [1.29, 1.82) is 0 Å². The zero-order valence-corrected chi connectivity index (χ0v) is 17.0. The second-order valence-corrected chi connectivity index (χ2v) is 7.41. The van der Waals surface area contributed by atoms with E-state index < -0.39 is 29.0 Å². The number of nitrogens with one attached hydrogen (secondary N) is 1. The molecule has 0 atom stereocenters. The fourth-order valence-corrected chi connectivity index (χ4v) is 3.21. The van der Waals surface area contributed by atoms with Crippen LogP contribution in [0, 0.1) is 10.1 Å². The number of thiazole rings is 1. The Labute approximate surface area is 182 Å². The summed E-state index contributed by atoms with van der Waals surface area (Å²) in [6, 6.07) is 11.0. The van der Waals surface area contributed by atoms with Crippen molar-refractivity contribution in [3.05, 3.63) is 74.6 Å². The van der Waals surface area contributed by atoms with Gasteiger partial charge in [-0.05, 0) is 36.4 Å². The number of rotatable bonds is 7. The first-order valence-corrected chi connectivity index (χ1v) is 9.78. The molecular formula is C19H12ClF3N4O3S. The number of aromatic nitrogens is 1. The molecule has 2 aromatic carbocycles. The molecule has 160 valence electrons. The molecule has 1 heterocycles. The smallest absolute Gasteiger partial charge is 0.294 e. The number of non-ortho nitro benzene ring substituents is 1. The number of hydrazone groups is 1. The van der Waals surface area contributed by atoms with Crippen LogP contribution in [-0.4, -0.2) is 27.6 Å². The van der Waals surface area contributed by atoms with Crippen molar-refractivity contribution in [3.63, 3.8) is 0 Å². The number of nitrogens with zero attached hydrogens (tertiary/aromatic N) is 3. The fraction of sp³-hybridized carbons (Fsp3) is 0.105. The monoisotopic (exact) mass is 468 g/mol. The highest BCUT2D eigenvalue weighted by molar-refractivity contribution is 7.14. The number of nitro groups is 1. The third-order valence-electron chi connectivity index (χ3n) is 3.99. The van der Waals surface area contributed by atoms with E-state index >= 15 is 0 Å². The molecule has 7 nitrogen and oxygen atoms in total. The number of carbonyl (C=O) groups is 1. The lowest BCUT2D eigenvalue weighted by atomic mass is 10.1. The molecule has 31 heavy (non-hydrogen) atoms. The van der Waals surface area contributed by atoms with Crippen LogP contribution in [0.15, 0.2) is 59.0 Å². The number of hydrogen-bond acceptors (Lipinski definition) is 7. The van der Waals surface area contributed by atoms with Crippen LogP contribution < -0.4 is 5.43 Å². The summed E-state index contributed by atoms with van der Waals surface area (Å²) in [5.41, 5.74) is 1.86. The van der Waals surface area contributed by atoms with Gasteiger partial charge in [0.2, 0.25) is 5.13 Å². The van der Waals surface area contributed by atoms with Gasteiger partial charge in [-0.1, -0.05) is 11.6 Å². The molecule has 0 bridgehead atoms. The van der Waals surface area contributed by atoms with Crippen LogP contribution in [0.25, 0.3) is 11.3 Å². The maximum Gasteiger partial charge on any atom is 0.431 e. The lowest BCUT2D eigenvalue weighted by Gasteiger charge is -2.10. The van der Waals surface area contributed by atoms with Crippen molar-refractivity contribution >= 4 is 45.3 Å². The van der Waals surface area contributed by atoms with Gasteiger partial charge in [0, 0.05) is 33.7 Å². The molecule has 3 aromatic rings. The number of carbonyl (C=O) groups excluding carboxylic acids is 1. The van der Waals surface area contributed by atoms with E-state index in [2.05, 4.69) is 15.5 Å². The maximum atomic E-state index is 13.3. The lowest BCUT2D eigenvalue weighted by molar-refractivity contribution is -0.384. The summed E-state index contributed by atoms with van der Waals surface area (Å²) < 4.78 is 40.0. The average molecular weight is 469 g/mol. The molecule has 0 unspecified atom stereocenters. The van der Waals surface area contributed by atoms with Crippen LogP contribution in [0.3, 0.4) is 0 Å². The highest BCUT2D eigenvalue weighted by atomic mass is 35.5. The summed E-state index contributed by atoms with van der Waals surface area (Å²) in [6.07, 6.45) is -5.79. The van der Waals surface area contributed by atoms with Gasteiger partial charge in [0.15, 0.2) is 5.78 Å². The normalized spacial score (nSPS) is 11.9. The van der Waals surface area contributed by atoms with Crippen molar-refractivity contribution in [2.24, 2.45) is 5.10 Å². The molecule has 0 aliphatic rings. The standard InChI is InChI=1S/C19H12ClF3N4O3S/c20-13-5-1-12(2-6-13)16(28)9-17(19(21,22)23)25-26-18-24-15(10-31-18)11-3-7-14(8-4-11)27(29)30/h1-8,10H,9H2,(H,24,26)/b25-17+. The molecule has 0 radical (unpaired) electrons. The summed E-state index contributed by atoms with van der Waals surface area (Å²) in [5, 5.41) is 16.0. The Bertz CT molecular complexity index is 1130. The predicted octanol–water partition coefficient (Wildman–Crippen LogP) is 5.97. The molecule has 1 aromatic heterocycles. The number of nitro benzene ring substituents is 1. The molecular weight excluding hydrogens is 457 g/mol. The molecule has 0 aliphatic carbocycles. The van der Waals surface area contributed by atoms with E-state index in [0.29, 0.717) is 16.3 Å². The number of alkyl halides is 3. The third kappa shape index (κ3) is 5.86. The van der Waals surface area contributed by atoms with E-state index in [1.54, 1.807) is 5.38 Å². The molecule has 1 N–H and O–H groups in total. The Hall–Kier alpha value is -3.31. The number of hydrogen-bond donors (Lipinski definition) is 1. The number of anilines is 1. The van der Waals surface area contributed by atoms with E-state index in [9.17, 15) is 28.1 Å². The minimum Gasteiger partial charge on any atom is -0.294 e. The summed E-state index contributed by atoms with van der Waals surface area (Å²) in [4.78, 5) is 26.5. The van der Waals surface area contributed by atoms with E-state index in [1.165, 1.54) is 48.5 Å². The van der Waals surface area contributed by atoms with Crippen LogP contribution >= 0.6 is 22.9 Å². The zero-order valence-electron chi connectivity index (χ0n) is 15.4. The number of benzene rings is 2. The second kappa shape index (κ2) is 9.23. The first-order chi connectivity index (χ1) is 14.6. The van der Waals surface area contributed by atoms with Gasteiger partial charge in [0.1, 0.15) is 5.71 Å². The van der Waals surface area contributed by atoms with Crippen molar-refractivity contribution in [3.8, 4) is 11.3 Å². The summed E-state index contributed by atoms with van der Waals surface area (Å²) in [5.74, 6) is -0.764. The van der Waals surface area contributed by atoms with Crippen LogP contribution in [0.5, 0.6) is 0 Å². The molecule has 0 spiro atoms. The van der Waals surface area contributed by atoms with Crippen molar-refractivity contribution in [1.82, 2.24) is 4.98 Å². The van der Waals surface area contributed by atoms with E-state index in [1.807, 2.05) is 0 Å². The van der Waals surface area contributed by atoms with Crippen LogP contribution in [0.2, 0.25) is 5.02 Å². The quantitative estimate of drug-likeness (QED) is 0.199. The molecule has 0 saturated carbocycles. The average Bonchev–Trinajstić information content (AvgIpc) is 3.19. The fourth-order valence-electron chi connectivity index (χ4n) is 2.42. The topological polar surface area (TPSA) is 97.5 Å². The van der Waals surface area contributed by atoms with Gasteiger partial charge in [0.05, 0.1) is 17.0 Å². The van der Waals surface area contributed by atoms with Crippen LogP contribution in [0.4, 0.5) is 24.0 Å². The summed E-state index contributed by atoms with van der Waals surface area (Å²) >= 11 is 6.71. The lowest BCUT2D eigenvalue weighted by Crippen LogP contribution is -2.27. The molecule has 3 rings (SSSR count). The van der Waals surface area contributed by atoms with Gasteiger partial charge in [-0.15, -0.1) is 11.3 Å². The zero-order chi connectivity index (χ0) is 22.6. The number of Topliss-reactive ketones (excluding diaryl/α,β-unsaturated/α-hetero) is 1. The van der Waals surface area contributed by atoms with E-state index in [-0.39, 0.29) is 16.4 Å². The first kappa shape index (κ1) is 22.4. The van der Waals surface area contributed by atoms with Gasteiger partial charge < -0.3 is 0 Å². The third-order valence-corrected chi connectivity index (χ3v) is 4.98. The molecule has 0 aliphatic heterocycles. The molecule has 0 fully saturated rings. The van der Waals surface area contributed by atoms with Gasteiger partial charge in [-0.2, -0.15) is 18.3 Å². The Morgan fingerprint density at radius 3 is 2.39 bits per heavy atom. The van der Waals surface area contributed by atoms with Gasteiger partial charge in [-0.25, -0.2) is 4.98 Å². The van der Waals surface area contributed by atoms with Crippen molar-refractivity contribution in [2.45, 2.75) is 12.6 Å². The summed E-state index contributed by atoms with van der Waals surface area (Å²) in [7, 11) is 0. The Kier molecular flexibility index (Phi) is 6.66. The van der Waals surface area contributed by atoms with E-state index in [4.69, 9.17) is 11.6 Å². The van der Waals surface area contributed by atoms with Crippen molar-refractivity contribution < 1.29 is 22.9 Å². The Morgan fingerprint density at radius 2 is 1.81 bits per heavy atom. The number of halogens is 4. The van der Waals surface area contributed by atoms with Crippen LogP contribution in [-0.2, 0) is 0 Å². The predicted molar refractivity (Wildman–Crippen MR) is 112 cm³/mol. The minimum absolute atomic E-state index is 0.0639. The second-order valence-electron chi connectivity index (χ2n) is 6.12.